The summed E-state index contributed by atoms with van der Waals surface area (Å²) in [6.07, 6.45) is 4.04. The smallest absolute Gasteiger partial charge is 0.335 e. The second-order valence-corrected chi connectivity index (χ2v) is 4.65. The maximum atomic E-state index is 11.4. The molecule has 1 saturated carbocycles. The van der Waals surface area contributed by atoms with Crippen molar-refractivity contribution in [3.8, 4) is 0 Å². The zero-order valence-corrected chi connectivity index (χ0v) is 10.7. The molecule has 4 heteroatoms. The molecule has 0 bridgehead atoms. The van der Waals surface area contributed by atoms with Gasteiger partial charge in [0.25, 0.3) is 0 Å². The minimum atomic E-state index is -1.13. The lowest BCUT2D eigenvalue weighted by atomic mass is 9.94. The van der Waals surface area contributed by atoms with E-state index in [1.165, 1.54) is 0 Å². The number of carbonyl (C=O) groups is 1. The van der Waals surface area contributed by atoms with Gasteiger partial charge in [-0.05, 0) is 19.8 Å². The minimum absolute atomic E-state index is 0.336. The summed E-state index contributed by atoms with van der Waals surface area (Å²) in [6.45, 7) is 6.95. The Hall–Kier alpha value is -0.870. The highest BCUT2D eigenvalue weighted by Crippen LogP contribution is 2.30. The van der Waals surface area contributed by atoms with E-state index in [9.17, 15) is 9.90 Å². The summed E-state index contributed by atoms with van der Waals surface area (Å²) in [5.41, 5.74) is 0.336. The Morgan fingerprint density at radius 2 is 2.00 bits per heavy atom. The normalized spacial score (nSPS) is 20.6. The molecule has 0 aliphatic heterocycles. The van der Waals surface area contributed by atoms with Crippen molar-refractivity contribution >= 4 is 5.97 Å². The molecule has 0 amide bonds. The van der Waals surface area contributed by atoms with Crippen LogP contribution in [0.3, 0.4) is 0 Å². The first kappa shape index (κ1) is 14.2. The van der Waals surface area contributed by atoms with E-state index in [4.69, 9.17) is 9.47 Å². The first-order valence-electron chi connectivity index (χ1n) is 6.23. The van der Waals surface area contributed by atoms with Crippen molar-refractivity contribution in [2.75, 3.05) is 0 Å². The van der Waals surface area contributed by atoms with Crippen LogP contribution in [0.4, 0.5) is 0 Å². The number of hydrogen-bond acceptors (Lipinski definition) is 4. The van der Waals surface area contributed by atoms with Crippen molar-refractivity contribution in [3.05, 3.63) is 12.2 Å². The number of hydrogen-bond donors (Lipinski definition) is 1. The number of rotatable bonds is 5. The number of esters is 1. The fraction of sp³-hybridized carbons (Fsp3) is 0.769. The van der Waals surface area contributed by atoms with E-state index in [2.05, 4.69) is 6.58 Å². The molecule has 0 aromatic carbocycles. The molecule has 17 heavy (non-hydrogen) atoms. The third-order valence-corrected chi connectivity index (χ3v) is 2.91. The minimum Gasteiger partial charge on any atom is -0.432 e. The third-order valence-electron chi connectivity index (χ3n) is 2.91. The molecule has 98 valence electrons. The van der Waals surface area contributed by atoms with Crippen molar-refractivity contribution in [1.82, 2.24) is 0 Å². The standard InChI is InChI=1S/C13H22O4/c1-4-11(16-12(14)10(2)3)17-13(15)8-6-5-7-9-13/h11,15H,2,4-9H2,1,3H3. The predicted octanol–water partition coefficient (Wildman–Crippen LogP) is 2.51. The molecule has 1 unspecified atom stereocenters. The first-order valence-corrected chi connectivity index (χ1v) is 6.23. The Bertz CT molecular complexity index is 279. The second kappa shape index (κ2) is 6.17. The van der Waals surface area contributed by atoms with Gasteiger partial charge in [0.1, 0.15) is 0 Å². The van der Waals surface area contributed by atoms with E-state index in [1.54, 1.807) is 6.92 Å². The molecule has 0 saturated heterocycles. The Morgan fingerprint density at radius 3 is 2.47 bits per heavy atom. The number of aliphatic hydroxyl groups is 1. The largest absolute Gasteiger partial charge is 0.432 e. The van der Waals surface area contributed by atoms with Crippen molar-refractivity contribution in [3.63, 3.8) is 0 Å². The summed E-state index contributed by atoms with van der Waals surface area (Å²) in [4.78, 5) is 11.4. The van der Waals surface area contributed by atoms with E-state index in [0.717, 1.165) is 19.3 Å². The van der Waals surface area contributed by atoms with Gasteiger partial charge in [-0.2, -0.15) is 0 Å². The monoisotopic (exact) mass is 242 g/mol. The second-order valence-electron chi connectivity index (χ2n) is 4.65. The summed E-state index contributed by atoms with van der Waals surface area (Å²) in [7, 11) is 0. The molecular formula is C13H22O4. The van der Waals surface area contributed by atoms with Gasteiger partial charge in [-0.3, -0.25) is 0 Å². The zero-order chi connectivity index (χ0) is 12.9. The SMILES string of the molecule is C=C(C)C(=O)OC(CC)OC1(O)CCCCC1. The van der Waals surface area contributed by atoms with Crippen LogP contribution in [0.2, 0.25) is 0 Å². The molecule has 1 N–H and O–H groups in total. The molecule has 1 fully saturated rings. The number of ether oxygens (including phenoxy) is 2. The van der Waals surface area contributed by atoms with Crippen molar-refractivity contribution < 1.29 is 19.4 Å². The van der Waals surface area contributed by atoms with Crippen LogP contribution < -0.4 is 0 Å². The molecule has 0 aromatic heterocycles. The van der Waals surface area contributed by atoms with Gasteiger partial charge in [-0.25, -0.2) is 4.79 Å². The summed E-state index contributed by atoms with van der Waals surface area (Å²) in [6, 6.07) is 0. The maximum Gasteiger partial charge on any atom is 0.335 e. The molecule has 0 spiro atoms. The molecule has 1 aliphatic rings. The van der Waals surface area contributed by atoms with Gasteiger partial charge >= 0.3 is 5.97 Å². The summed E-state index contributed by atoms with van der Waals surface area (Å²) >= 11 is 0. The van der Waals surface area contributed by atoms with Crippen LogP contribution in [0, 0.1) is 0 Å². The van der Waals surface area contributed by atoms with E-state index < -0.39 is 18.0 Å². The first-order chi connectivity index (χ1) is 7.97. The van der Waals surface area contributed by atoms with Crippen LogP contribution in [0.1, 0.15) is 52.4 Å². The van der Waals surface area contributed by atoms with E-state index in [0.29, 0.717) is 24.8 Å². The average molecular weight is 242 g/mol. The van der Waals surface area contributed by atoms with Crippen LogP contribution in [0.25, 0.3) is 0 Å². The van der Waals surface area contributed by atoms with Crippen molar-refractivity contribution in [2.24, 2.45) is 0 Å². The van der Waals surface area contributed by atoms with Gasteiger partial charge in [0.05, 0.1) is 0 Å². The van der Waals surface area contributed by atoms with Gasteiger partial charge in [0, 0.05) is 24.8 Å². The van der Waals surface area contributed by atoms with Crippen LogP contribution in [-0.4, -0.2) is 23.2 Å². The van der Waals surface area contributed by atoms with Crippen LogP contribution >= 0.6 is 0 Å². The fourth-order valence-corrected chi connectivity index (χ4v) is 1.88. The van der Waals surface area contributed by atoms with Gasteiger partial charge < -0.3 is 14.6 Å². The zero-order valence-electron chi connectivity index (χ0n) is 10.7. The summed E-state index contributed by atoms with van der Waals surface area (Å²) in [5.74, 6) is -1.61. The molecule has 1 atom stereocenters. The summed E-state index contributed by atoms with van der Waals surface area (Å²) < 4.78 is 10.6. The predicted molar refractivity (Wildman–Crippen MR) is 64.1 cm³/mol. The highest BCUT2D eigenvalue weighted by atomic mass is 16.7. The Labute approximate surface area is 103 Å². The van der Waals surface area contributed by atoms with E-state index in [-0.39, 0.29) is 0 Å². The number of carbonyl (C=O) groups excluding carboxylic acids is 1. The van der Waals surface area contributed by atoms with Crippen LogP contribution in [-0.2, 0) is 14.3 Å². The lowest BCUT2D eigenvalue weighted by Crippen LogP contribution is -2.40. The van der Waals surface area contributed by atoms with Gasteiger partial charge in [0.2, 0.25) is 6.29 Å². The van der Waals surface area contributed by atoms with Gasteiger partial charge in [-0.15, -0.1) is 0 Å². The lowest BCUT2D eigenvalue weighted by molar-refractivity contribution is -0.293. The van der Waals surface area contributed by atoms with Gasteiger partial charge in [0.15, 0.2) is 5.79 Å². The fourth-order valence-electron chi connectivity index (χ4n) is 1.88. The molecule has 1 rings (SSSR count). The highest BCUT2D eigenvalue weighted by Gasteiger charge is 2.33. The Morgan fingerprint density at radius 1 is 1.41 bits per heavy atom. The third kappa shape index (κ3) is 4.48. The maximum absolute atomic E-state index is 11.4. The topological polar surface area (TPSA) is 55.8 Å². The molecule has 1 aliphatic carbocycles. The quantitative estimate of drug-likeness (QED) is 0.457. The molecule has 0 radical (unpaired) electrons. The lowest BCUT2D eigenvalue weighted by Gasteiger charge is -2.34. The van der Waals surface area contributed by atoms with E-state index in [1.807, 2.05) is 6.92 Å². The van der Waals surface area contributed by atoms with Crippen molar-refractivity contribution in [1.29, 1.82) is 0 Å². The van der Waals surface area contributed by atoms with Crippen molar-refractivity contribution in [2.45, 2.75) is 64.4 Å². The Kier molecular flexibility index (Phi) is 5.15. The van der Waals surface area contributed by atoms with Crippen LogP contribution in [0.15, 0.2) is 12.2 Å². The molecule has 0 heterocycles. The molecular weight excluding hydrogens is 220 g/mol. The summed E-state index contributed by atoms with van der Waals surface area (Å²) in [5, 5.41) is 10.2. The highest BCUT2D eigenvalue weighted by molar-refractivity contribution is 5.86. The van der Waals surface area contributed by atoms with Crippen LogP contribution in [0.5, 0.6) is 0 Å². The molecule has 0 aromatic rings. The van der Waals surface area contributed by atoms with E-state index >= 15 is 0 Å². The van der Waals surface area contributed by atoms with Gasteiger partial charge in [-0.1, -0.05) is 19.9 Å². The molecule has 4 nitrogen and oxygen atoms in total. The average Bonchev–Trinajstić information content (AvgIpc) is 2.28. The Balaban J connectivity index is 2.50.